The maximum atomic E-state index is 13.5. The molecule has 3 rings (SSSR count). The number of halogens is 1. The van der Waals surface area contributed by atoms with Gasteiger partial charge in [-0.2, -0.15) is 0 Å². The molecular formula is C20H30FN3O3S. The van der Waals surface area contributed by atoms with E-state index in [1.165, 1.54) is 12.5 Å². The average molecular weight is 412 g/mol. The van der Waals surface area contributed by atoms with Crippen molar-refractivity contribution in [2.45, 2.75) is 56.9 Å². The Morgan fingerprint density at radius 2 is 2.04 bits per heavy atom. The first-order valence-corrected chi connectivity index (χ1v) is 12.0. The Morgan fingerprint density at radius 1 is 1.29 bits per heavy atom. The smallest absolute Gasteiger partial charge is 0.238 e. The Morgan fingerprint density at radius 3 is 2.75 bits per heavy atom. The van der Waals surface area contributed by atoms with E-state index in [0.29, 0.717) is 31.8 Å². The highest BCUT2D eigenvalue weighted by atomic mass is 32.2. The summed E-state index contributed by atoms with van der Waals surface area (Å²) >= 11 is 0. The van der Waals surface area contributed by atoms with E-state index in [0.717, 1.165) is 43.2 Å². The Bertz CT molecular complexity index is 794. The fourth-order valence-corrected chi connectivity index (χ4v) is 5.07. The van der Waals surface area contributed by atoms with Gasteiger partial charge in [0.15, 0.2) is 0 Å². The van der Waals surface area contributed by atoms with E-state index in [4.69, 9.17) is 0 Å². The van der Waals surface area contributed by atoms with E-state index in [1.54, 1.807) is 12.1 Å². The monoisotopic (exact) mass is 411 g/mol. The van der Waals surface area contributed by atoms with Gasteiger partial charge in [0, 0.05) is 24.7 Å². The molecule has 0 saturated heterocycles. The van der Waals surface area contributed by atoms with E-state index < -0.39 is 16.1 Å². The quantitative estimate of drug-likeness (QED) is 0.614. The van der Waals surface area contributed by atoms with Gasteiger partial charge in [-0.3, -0.25) is 4.79 Å². The maximum Gasteiger partial charge on any atom is 0.238 e. The lowest BCUT2D eigenvalue weighted by Crippen LogP contribution is -2.47. The van der Waals surface area contributed by atoms with Crippen molar-refractivity contribution in [3.8, 4) is 0 Å². The summed E-state index contributed by atoms with van der Waals surface area (Å²) in [6.45, 7) is 1.13. The van der Waals surface area contributed by atoms with Crippen molar-refractivity contribution in [2.75, 3.05) is 24.7 Å². The third-order valence-corrected chi connectivity index (χ3v) is 6.46. The van der Waals surface area contributed by atoms with Crippen molar-refractivity contribution in [3.63, 3.8) is 0 Å². The van der Waals surface area contributed by atoms with Gasteiger partial charge < -0.3 is 10.6 Å². The van der Waals surface area contributed by atoms with Gasteiger partial charge in [0.1, 0.15) is 11.9 Å². The van der Waals surface area contributed by atoms with Crippen molar-refractivity contribution in [1.82, 2.24) is 10.0 Å². The third kappa shape index (κ3) is 5.91. The molecule has 0 radical (unpaired) electrons. The van der Waals surface area contributed by atoms with E-state index >= 15 is 0 Å². The molecule has 28 heavy (non-hydrogen) atoms. The summed E-state index contributed by atoms with van der Waals surface area (Å²) in [5.74, 6) is -0.0268. The molecule has 2 atom stereocenters. The summed E-state index contributed by atoms with van der Waals surface area (Å²) in [7, 11) is -3.47. The molecule has 8 heteroatoms. The molecule has 1 aliphatic carbocycles. The first kappa shape index (κ1) is 21.0. The summed E-state index contributed by atoms with van der Waals surface area (Å²) in [6, 6.07) is 3.98. The molecule has 0 aromatic heterocycles. The zero-order chi connectivity index (χ0) is 20.1. The molecule has 2 aliphatic rings. The largest absolute Gasteiger partial charge is 0.384 e. The second-order valence-corrected chi connectivity index (χ2v) is 9.85. The van der Waals surface area contributed by atoms with Crippen LogP contribution in [0.25, 0.3) is 0 Å². The van der Waals surface area contributed by atoms with Gasteiger partial charge in [-0.05, 0) is 42.5 Å². The molecule has 1 fully saturated rings. The third-order valence-electron chi connectivity index (χ3n) is 5.75. The molecule has 6 nitrogen and oxygen atoms in total. The lowest BCUT2D eigenvalue weighted by atomic mass is 9.85. The summed E-state index contributed by atoms with van der Waals surface area (Å²) in [5, 5.41) is 6.13. The average Bonchev–Trinajstić information content (AvgIpc) is 3.03. The maximum absolute atomic E-state index is 13.5. The minimum Gasteiger partial charge on any atom is -0.384 e. The number of sulfonamides is 1. The van der Waals surface area contributed by atoms with Crippen molar-refractivity contribution in [1.29, 1.82) is 0 Å². The first-order chi connectivity index (χ1) is 13.3. The van der Waals surface area contributed by atoms with E-state index in [2.05, 4.69) is 15.4 Å². The fraction of sp³-hybridized carbons (Fsp3) is 0.650. The predicted octanol–water partition coefficient (Wildman–Crippen LogP) is 2.73. The minimum atomic E-state index is -3.47. The van der Waals surface area contributed by atoms with Crippen LogP contribution < -0.4 is 15.4 Å². The summed E-state index contributed by atoms with van der Waals surface area (Å²) in [5.41, 5.74) is 1.87. The SMILES string of the molecule is CS(=O)(=O)N[C@@H](CC1CCCCC1)C(=O)NCCC1CNc2ccc(F)cc21. The topological polar surface area (TPSA) is 87.3 Å². The van der Waals surface area contributed by atoms with Crippen LogP contribution >= 0.6 is 0 Å². The molecule has 1 aliphatic heterocycles. The minimum absolute atomic E-state index is 0.130. The molecule has 1 aromatic rings. The Balaban J connectivity index is 1.54. The van der Waals surface area contributed by atoms with Crippen LogP contribution in [0.1, 0.15) is 56.4 Å². The normalized spacial score (nSPS) is 21.0. The van der Waals surface area contributed by atoms with Gasteiger partial charge in [0.05, 0.1) is 6.26 Å². The van der Waals surface area contributed by atoms with E-state index in [9.17, 15) is 17.6 Å². The Labute approximate surface area is 166 Å². The highest BCUT2D eigenvalue weighted by Crippen LogP contribution is 2.33. The van der Waals surface area contributed by atoms with Crippen molar-refractivity contribution in [3.05, 3.63) is 29.6 Å². The van der Waals surface area contributed by atoms with Gasteiger partial charge in [-0.15, -0.1) is 0 Å². The Kier molecular flexibility index (Phi) is 6.93. The van der Waals surface area contributed by atoms with Gasteiger partial charge in [0.25, 0.3) is 0 Å². The summed E-state index contributed by atoms with van der Waals surface area (Å²) in [6.07, 6.45) is 7.89. The van der Waals surface area contributed by atoms with Gasteiger partial charge >= 0.3 is 0 Å². The number of carbonyl (C=O) groups excluding carboxylic acids is 1. The van der Waals surface area contributed by atoms with Crippen LogP contribution in [0.3, 0.4) is 0 Å². The molecule has 1 heterocycles. The highest BCUT2D eigenvalue weighted by molar-refractivity contribution is 7.88. The Hall–Kier alpha value is -1.67. The fourth-order valence-electron chi connectivity index (χ4n) is 4.35. The van der Waals surface area contributed by atoms with Crippen LogP contribution in [-0.2, 0) is 14.8 Å². The van der Waals surface area contributed by atoms with Crippen molar-refractivity contribution in [2.24, 2.45) is 5.92 Å². The standard InChI is InChI=1S/C20H30FN3O3S/c1-28(26,27)24-19(11-14-5-3-2-4-6-14)20(25)22-10-9-15-13-23-18-8-7-16(21)12-17(15)18/h7-8,12,14-15,19,23-24H,2-6,9-11,13H2,1H3,(H,22,25)/t15?,19-/m0/s1. The number of benzene rings is 1. The predicted molar refractivity (Wildman–Crippen MR) is 108 cm³/mol. The highest BCUT2D eigenvalue weighted by Gasteiger charge is 2.27. The molecule has 1 amide bonds. The zero-order valence-corrected chi connectivity index (χ0v) is 17.2. The molecule has 156 valence electrons. The van der Waals surface area contributed by atoms with Crippen molar-refractivity contribution >= 4 is 21.6 Å². The van der Waals surface area contributed by atoms with Gasteiger partial charge in [-0.25, -0.2) is 17.5 Å². The lowest BCUT2D eigenvalue weighted by molar-refractivity contribution is -0.123. The van der Waals surface area contributed by atoms with Crippen LogP contribution in [0.4, 0.5) is 10.1 Å². The number of fused-ring (bicyclic) bond motifs is 1. The number of amides is 1. The second-order valence-electron chi connectivity index (χ2n) is 8.07. The van der Waals surface area contributed by atoms with Crippen LogP contribution in [0.2, 0.25) is 0 Å². The van der Waals surface area contributed by atoms with Crippen molar-refractivity contribution < 1.29 is 17.6 Å². The zero-order valence-electron chi connectivity index (χ0n) is 16.3. The van der Waals surface area contributed by atoms with Crippen LogP contribution in [0.15, 0.2) is 18.2 Å². The van der Waals surface area contributed by atoms with Crippen LogP contribution in [0, 0.1) is 11.7 Å². The van der Waals surface area contributed by atoms with E-state index in [-0.39, 0.29) is 17.6 Å². The number of anilines is 1. The molecule has 1 unspecified atom stereocenters. The molecule has 3 N–H and O–H groups in total. The molecule has 1 saturated carbocycles. The molecule has 0 bridgehead atoms. The first-order valence-electron chi connectivity index (χ1n) is 10.1. The summed E-state index contributed by atoms with van der Waals surface area (Å²) in [4.78, 5) is 12.7. The van der Waals surface area contributed by atoms with Crippen LogP contribution in [-0.4, -0.2) is 39.7 Å². The molecule has 0 spiro atoms. The number of nitrogens with one attached hydrogen (secondary N) is 3. The number of carbonyl (C=O) groups is 1. The number of hydrogen-bond acceptors (Lipinski definition) is 4. The van der Waals surface area contributed by atoms with Gasteiger partial charge in [0.2, 0.25) is 15.9 Å². The van der Waals surface area contributed by atoms with Crippen LogP contribution in [0.5, 0.6) is 0 Å². The van der Waals surface area contributed by atoms with E-state index in [1.807, 2.05) is 0 Å². The van der Waals surface area contributed by atoms with Gasteiger partial charge in [-0.1, -0.05) is 32.1 Å². The number of hydrogen-bond donors (Lipinski definition) is 3. The molecule has 1 aromatic carbocycles. The number of rotatable bonds is 8. The summed E-state index contributed by atoms with van der Waals surface area (Å²) < 4.78 is 39.4. The lowest BCUT2D eigenvalue weighted by Gasteiger charge is -2.26. The molecular weight excluding hydrogens is 381 g/mol. The second kappa shape index (κ2) is 9.22.